The number of para-hydroxylation sites is 1. The fourth-order valence-electron chi connectivity index (χ4n) is 3.02. The molecular weight excluding hydrogens is 326 g/mol. The van der Waals surface area contributed by atoms with Crippen LogP contribution in [0.1, 0.15) is 6.42 Å². The van der Waals surface area contributed by atoms with Crippen LogP contribution in [0.4, 0.5) is 19.3 Å². The van der Waals surface area contributed by atoms with E-state index < -0.39 is 17.7 Å². The molecular formula is C19H20F2N2O2. The zero-order valence-electron chi connectivity index (χ0n) is 14.2. The largest absolute Gasteiger partial charge is 0.444 e. The average Bonchev–Trinajstić information content (AvgIpc) is 3.01. The summed E-state index contributed by atoms with van der Waals surface area (Å²) in [5.74, 6) is -1.86. The topological polar surface area (TPSA) is 32.8 Å². The molecule has 132 valence electrons. The van der Waals surface area contributed by atoms with Gasteiger partial charge >= 0.3 is 6.09 Å². The van der Waals surface area contributed by atoms with Gasteiger partial charge in [0, 0.05) is 31.3 Å². The third-order valence-corrected chi connectivity index (χ3v) is 4.40. The lowest BCUT2D eigenvalue weighted by atomic mass is 10.0. The van der Waals surface area contributed by atoms with E-state index in [1.54, 1.807) is 31.3 Å². The van der Waals surface area contributed by atoms with Crippen molar-refractivity contribution in [3.63, 3.8) is 0 Å². The summed E-state index contributed by atoms with van der Waals surface area (Å²) in [5, 5.41) is 0. The van der Waals surface area contributed by atoms with Gasteiger partial charge in [-0.3, -0.25) is 4.90 Å². The van der Waals surface area contributed by atoms with Gasteiger partial charge in [0.05, 0.1) is 5.69 Å². The fraction of sp³-hybridized carbons (Fsp3) is 0.316. The maximum Gasteiger partial charge on any atom is 0.414 e. The van der Waals surface area contributed by atoms with Crippen molar-refractivity contribution in [3.05, 3.63) is 54.1 Å². The number of hydrogen-bond donors (Lipinski definition) is 0. The second-order valence-electron chi connectivity index (χ2n) is 6.23. The van der Waals surface area contributed by atoms with Crippen LogP contribution in [-0.2, 0) is 4.74 Å². The van der Waals surface area contributed by atoms with Crippen molar-refractivity contribution >= 4 is 11.8 Å². The van der Waals surface area contributed by atoms with E-state index >= 15 is 0 Å². The lowest BCUT2D eigenvalue weighted by Gasteiger charge is -2.22. The minimum atomic E-state index is -0.936. The van der Waals surface area contributed by atoms with E-state index in [1.807, 2.05) is 7.05 Å². The standard InChI is InChI=1S/C19H20F2N2O2/c1-22-11-10-13(12-22)25-19(24)23(2)17-9-4-3-6-14(17)15-7-5-8-16(20)18(15)21/h3-9,13H,10-12H2,1-2H3/t13-/m1/s1. The highest BCUT2D eigenvalue weighted by molar-refractivity contribution is 5.93. The number of hydrogen-bond acceptors (Lipinski definition) is 3. The average molecular weight is 346 g/mol. The van der Waals surface area contributed by atoms with Crippen LogP contribution in [0.25, 0.3) is 11.1 Å². The molecule has 0 spiro atoms. The molecule has 1 atom stereocenters. The Morgan fingerprint density at radius 2 is 1.88 bits per heavy atom. The van der Waals surface area contributed by atoms with Gasteiger partial charge in [0.25, 0.3) is 0 Å². The third kappa shape index (κ3) is 3.64. The highest BCUT2D eigenvalue weighted by atomic mass is 19.2. The SMILES string of the molecule is CN1CC[C@@H](OC(=O)N(C)c2ccccc2-c2cccc(F)c2F)C1. The maximum atomic E-state index is 14.2. The summed E-state index contributed by atoms with van der Waals surface area (Å²) in [5.41, 5.74) is 1.00. The fourth-order valence-corrected chi connectivity index (χ4v) is 3.02. The molecule has 2 aromatic rings. The predicted octanol–water partition coefficient (Wildman–Crippen LogP) is 3.91. The van der Waals surface area contributed by atoms with Gasteiger partial charge in [-0.1, -0.05) is 30.3 Å². The molecule has 2 aromatic carbocycles. The number of nitrogens with zero attached hydrogens (tertiary/aromatic N) is 2. The zero-order valence-corrected chi connectivity index (χ0v) is 14.2. The summed E-state index contributed by atoms with van der Waals surface area (Å²) in [6.45, 7) is 1.58. The van der Waals surface area contributed by atoms with Gasteiger partial charge in [0.15, 0.2) is 11.6 Å². The van der Waals surface area contributed by atoms with Crippen molar-refractivity contribution < 1.29 is 18.3 Å². The van der Waals surface area contributed by atoms with E-state index in [4.69, 9.17) is 4.74 Å². The second-order valence-corrected chi connectivity index (χ2v) is 6.23. The van der Waals surface area contributed by atoms with Crippen molar-refractivity contribution in [3.8, 4) is 11.1 Å². The Morgan fingerprint density at radius 3 is 2.60 bits per heavy atom. The first kappa shape index (κ1) is 17.4. The molecule has 6 heteroatoms. The molecule has 0 radical (unpaired) electrons. The highest BCUT2D eigenvalue weighted by Crippen LogP contribution is 2.33. The van der Waals surface area contributed by atoms with Crippen molar-refractivity contribution in [1.29, 1.82) is 0 Å². The lowest BCUT2D eigenvalue weighted by molar-refractivity contribution is 0.110. The lowest BCUT2D eigenvalue weighted by Crippen LogP contribution is -2.32. The van der Waals surface area contributed by atoms with Crippen LogP contribution in [0.15, 0.2) is 42.5 Å². The normalized spacial score (nSPS) is 17.5. The monoisotopic (exact) mass is 346 g/mol. The first-order valence-electron chi connectivity index (χ1n) is 8.13. The predicted molar refractivity (Wildman–Crippen MR) is 92.6 cm³/mol. The van der Waals surface area contributed by atoms with Crippen LogP contribution in [0.3, 0.4) is 0 Å². The van der Waals surface area contributed by atoms with E-state index in [-0.39, 0.29) is 11.7 Å². The van der Waals surface area contributed by atoms with Crippen LogP contribution >= 0.6 is 0 Å². The molecule has 0 aromatic heterocycles. The first-order valence-corrected chi connectivity index (χ1v) is 8.13. The molecule has 1 saturated heterocycles. The van der Waals surface area contributed by atoms with Gasteiger partial charge in [0.2, 0.25) is 0 Å². The van der Waals surface area contributed by atoms with Crippen molar-refractivity contribution in [2.75, 3.05) is 32.1 Å². The van der Waals surface area contributed by atoms with Gasteiger partial charge in [-0.15, -0.1) is 0 Å². The molecule has 0 aliphatic carbocycles. The number of likely N-dealkylation sites (tertiary alicyclic amines) is 1. The molecule has 0 N–H and O–H groups in total. The molecule has 1 aliphatic rings. The van der Waals surface area contributed by atoms with Crippen LogP contribution < -0.4 is 4.90 Å². The summed E-state index contributed by atoms with van der Waals surface area (Å²) in [7, 11) is 3.54. The number of carbonyl (C=O) groups is 1. The van der Waals surface area contributed by atoms with Crippen LogP contribution in [0.5, 0.6) is 0 Å². The number of rotatable bonds is 3. The first-order chi connectivity index (χ1) is 12.0. The molecule has 1 aliphatic heterocycles. The van der Waals surface area contributed by atoms with Crippen LogP contribution in [0.2, 0.25) is 0 Å². The molecule has 1 amide bonds. The van der Waals surface area contributed by atoms with Gasteiger partial charge in [-0.05, 0) is 25.6 Å². The van der Waals surface area contributed by atoms with E-state index in [0.29, 0.717) is 17.8 Å². The number of anilines is 1. The number of ether oxygens (including phenoxy) is 1. The zero-order chi connectivity index (χ0) is 18.0. The molecule has 0 saturated carbocycles. The summed E-state index contributed by atoms with van der Waals surface area (Å²) in [6, 6.07) is 10.8. The Hall–Kier alpha value is -2.47. The molecule has 4 nitrogen and oxygen atoms in total. The van der Waals surface area contributed by atoms with E-state index in [1.165, 1.54) is 17.0 Å². The number of amides is 1. The van der Waals surface area contributed by atoms with Gasteiger partial charge in [-0.25, -0.2) is 13.6 Å². The molecule has 0 bridgehead atoms. The number of halogens is 2. The van der Waals surface area contributed by atoms with Gasteiger partial charge < -0.3 is 9.64 Å². The Bertz CT molecular complexity index is 782. The van der Waals surface area contributed by atoms with Crippen molar-refractivity contribution in [2.45, 2.75) is 12.5 Å². The van der Waals surface area contributed by atoms with E-state index in [9.17, 15) is 13.6 Å². The van der Waals surface area contributed by atoms with E-state index in [0.717, 1.165) is 19.0 Å². The number of likely N-dealkylation sites (N-methyl/N-ethyl adjacent to an activating group) is 1. The molecule has 1 heterocycles. The second kappa shape index (κ2) is 7.19. The van der Waals surface area contributed by atoms with Crippen molar-refractivity contribution in [2.24, 2.45) is 0 Å². The molecule has 1 fully saturated rings. The molecule has 25 heavy (non-hydrogen) atoms. The third-order valence-electron chi connectivity index (χ3n) is 4.40. The van der Waals surface area contributed by atoms with Crippen molar-refractivity contribution in [1.82, 2.24) is 4.90 Å². The Labute approximate surface area is 145 Å². The van der Waals surface area contributed by atoms with Crippen LogP contribution in [-0.4, -0.2) is 44.3 Å². The summed E-state index contributed by atoms with van der Waals surface area (Å²) in [4.78, 5) is 15.9. The minimum absolute atomic E-state index is 0.107. The Balaban J connectivity index is 1.87. The summed E-state index contributed by atoms with van der Waals surface area (Å²) in [6.07, 6.45) is 0.124. The number of benzene rings is 2. The Kier molecular flexibility index (Phi) is 4.99. The quantitative estimate of drug-likeness (QED) is 0.845. The summed E-state index contributed by atoms with van der Waals surface area (Å²) < 4.78 is 33.3. The van der Waals surface area contributed by atoms with E-state index in [2.05, 4.69) is 4.90 Å². The molecule has 3 rings (SSSR count). The maximum absolute atomic E-state index is 14.2. The molecule has 0 unspecified atom stereocenters. The minimum Gasteiger partial charge on any atom is -0.444 e. The van der Waals surface area contributed by atoms with Gasteiger partial charge in [0.1, 0.15) is 6.10 Å². The van der Waals surface area contributed by atoms with Gasteiger partial charge in [-0.2, -0.15) is 0 Å². The Morgan fingerprint density at radius 1 is 1.16 bits per heavy atom. The summed E-state index contributed by atoms with van der Waals surface area (Å²) >= 11 is 0. The van der Waals surface area contributed by atoms with Crippen LogP contribution in [0, 0.1) is 11.6 Å². The number of carbonyl (C=O) groups excluding carboxylic acids is 1. The smallest absolute Gasteiger partial charge is 0.414 e. The highest BCUT2D eigenvalue weighted by Gasteiger charge is 2.26.